The number of piperidine rings is 1. The maximum absolute atomic E-state index is 13.1. The van der Waals surface area contributed by atoms with E-state index in [9.17, 15) is 9.59 Å². The van der Waals surface area contributed by atoms with E-state index in [1.165, 1.54) is 0 Å². The van der Waals surface area contributed by atoms with Crippen molar-refractivity contribution in [2.75, 3.05) is 23.3 Å². The Morgan fingerprint density at radius 3 is 2.61 bits per heavy atom. The van der Waals surface area contributed by atoms with Gasteiger partial charge in [0.2, 0.25) is 5.91 Å². The number of hydrogen-bond donors (Lipinski definition) is 3. The van der Waals surface area contributed by atoms with Crippen molar-refractivity contribution in [2.24, 2.45) is 5.92 Å². The van der Waals surface area contributed by atoms with Crippen LogP contribution < -0.4 is 20.9 Å². The summed E-state index contributed by atoms with van der Waals surface area (Å²) in [6.07, 6.45) is 2.72. The van der Waals surface area contributed by atoms with Gasteiger partial charge in [-0.15, -0.1) is 0 Å². The Morgan fingerprint density at radius 2 is 1.94 bits per heavy atom. The Labute approximate surface area is 196 Å². The maximum Gasteiger partial charge on any atom is 0.251 e. The van der Waals surface area contributed by atoms with E-state index in [1.54, 1.807) is 6.92 Å². The van der Waals surface area contributed by atoms with Gasteiger partial charge in [0.15, 0.2) is 0 Å². The molecule has 3 atom stereocenters. The lowest BCUT2D eigenvalue weighted by atomic mass is 9.80. The average molecular weight is 450 g/mol. The Morgan fingerprint density at radius 1 is 1.18 bits per heavy atom. The standard InChI is InChI=1S/C26H35N5O2/c1-5-22-17(3)25(30-24-8-6-7-16(2)28-24)21-15-19(9-10-23(21)31(22)18(4)32)26(33)29-20-11-13-27-14-12-20/h6-10,15,17,20,22,25,27H,5,11-14H2,1-4H3,(H,28,30)(H,29,33)/t17-,22-,25+/m0/s1. The lowest BCUT2D eigenvalue weighted by Crippen LogP contribution is -2.50. The van der Waals surface area contributed by atoms with Gasteiger partial charge in [0.25, 0.3) is 5.91 Å². The van der Waals surface area contributed by atoms with Gasteiger partial charge in [-0.25, -0.2) is 4.98 Å². The zero-order chi connectivity index (χ0) is 23.5. The quantitative estimate of drug-likeness (QED) is 0.646. The fourth-order valence-corrected chi connectivity index (χ4v) is 5.27. The number of nitrogens with zero attached hydrogens (tertiary/aromatic N) is 2. The summed E-state index contributed by atoms with van der Waals surface area (Å²) in [5.74, 6) is 0.899. The Balaban J connectivity index is 1.71. The van der Waals surface area contributed by atoms with Crippen molar-refractivity contribution in [1.82, 2.24) is 15.6 Å². The summed E-state index contributed by atoms with van der Waals surface area (Å²) in [6.45, 7) is 9.72. The molecule has 33 heavy (non-hydrogen) atoms. The van der Waals surface area contributed by atoms with Crippen molar-refractivity contribution in [3.63, 3.8) is 0 Å². The number of nitrogens with one attached hydrogen (secondary N) is 3. The smallest absolute Gasteiger partial charge is 0.251 e. The highest BCUT2D eigenvalue weighted by Crippen LogP contribution is 2.43. The number of anilines is 2. The number of pyridine rings is 1. The topological polar surface area (TPSA) is 86.4 Å². The normalized spacial score (nSPS) is 23.0. The van der Waals surface area contributed by atoms with Crippen LogP contribution in [0, 0.1) is 12.8 Å². The van der Waals surface area contributed by atoms with Gasteiger partial charge >= 0.3 is 0 Å². The molecule has 0 aliphatic carbocycles. The lowest BCUT2D eigenvalue weighted by Gasteiger charge is -2.45. The fourth-order valence-electron chi connectivity index (χ4n) is 5.27. The van der Waals surface area contributed by atoms with E-state index in [1.807, 2.05) is 48.2 Å². The Hall–Kier alpha value is -2.93. The number of carbonyl (C=O) groups is 2. The first-order chi connectivity index (χ1) is 15.9. The molecule has 0 spiro atoms. The second-order valence-electron chi connectivity index (χ2n) is 9.28. The molecule has 1 aromatic carbocycles. The number of aromatic nitrogens is 1. The highest BCUT2D eigenvalue weighted by Gasteiger charge is 2.40. The van der Waals surface area contributed by atoms with E-state index in [2.05, 4.69) is 34.8 Å². The SMILES string of the molecule is CC[C@H]1[C@H](C)[C@@H](Nc2cccc(C)n2)c2cc(C(=O)NC3CCNCC3)ccc2N1C(C)=O. The van der Waals surface area contributed by atoms with Crippen molar-refractivity contribution in [2.45, 2.75) is 65.1 Å². The molecule has 4 rings (SSSR count). The third-order valence-electron chi connectivity index (χ3n) is 6.97. The molecule has 0 saturated carbocycles. The Kier molecular flexibility index (Phi) is 6.98. The second kappa shape index (κ2) is 9.91. The molecule has 0 bridgehead atoms. The first kappa shape index (κ1) is 23.2. The van der Waals surface area contributed by atoms with Gasteiger partial charge in [0, 0.05) is 41.9 Å². The molecule has 0 radical (unpaired) electrons. The van der Waals surface area contributed by atoms with Crippen LogP contribution in [0.25, 0.3) is 0 Å². The lowest BCUT2D eigenvalue weighted by molar-refractivity contribution is -0.117. The van der Waals surface area contributed by atoms with Crippen LogP contribution in [0.4, 0.5) is 11.5 Å². The molecular weight excluding hydrogens is 414 g/mol. The molecule has 7 nitrogen and oxygen atoms in total. The summed E-state index contributed by atoms with van der Waals surface area (Å²) in [5.41, 5.74) is 3.40. The average Bonchev–Trinajstić information content (AvgIpc) is 2.80. The van der Waals surface area contributed by atoms with E-state index in [-0.39, 0.29) is 35.9 Å². The first-order valence-corrected chi connectivity index (χ1v) is 12.0. The number of benzene rings is 1. The molecular formula is C26H35N5O2. The molecule has 0 unspecified atom stereocenters. The minimum atomic E-state index is -0.0681. The third-order valence-corrected chi connectivity index (χ3v) is 6.97. The van der Waals surface area contributed by atoms with Gasteiger partial charge < -0.3 is 20.9 Å². The minimum Gasteiger partial charge on any atom is -0.363 e. The predicted molar refractivity (Wildman–Crippen MR) is 132 cm³/mol. The molecule has 1 saturated heterocycles. The molecule has 3 N–H and O–H groups in total. The monoisotopic (exact) mass is 449 g/mol. The highest BCUT2D eigenvalue weighted by atomic mass is 16.2. The highest BCUT2D eigenvalue weighted by molar-refractivity contribution is 5.98. The van der Waals surface area contributed by atoms with Crippen molar-refractivity contribution >= 4 is 23.3 Å². The second-order valence-corrected chi connectivity index (χ2v) is 9.28. The molecule has 176 valence electrons. The molecule has 2 aromatic rings. The molecule has 1 aromatic heterocycles. The van der Waals surface area contributed by atoms with E-state index in [0.717, 1.165) is 55.1 Å². The molecule has 1 fully saturated rings. The number of amides is 2. The zero-order valence-electron chi connectivity index (χ0n) is 20.0. The number of hydrogen-bond acceptors (Lipinski definition) is 5. The first-order valence-electron chi connectivity index (χ1n) is 12.0. The van der Waals surface area contributed by atoms with Gasteiger partial charge in [0.05, 0.1) is 6.04 Å². The van der Waals surface area contributed by atoms with E-state index < -0.39 is 0 Å². The summed E-state index contributed by atoms with van der Waals surface area (Å²) in [5, 5.41) is 10.1. The number of aryl methyl sites for hydroxylation is 1. The van der Waals surface area contributed by atoms with Gasteiger partial charge in [0.1, 0.15) is 5.82 Å². The van der Waals surface area contributed by atoms with Gasteiger partial charge in [-0.1, -0.05) is 19.9 Å². The maximum atomic E-state index is 13.1. The number of carbonyl (C=O) groups excluding carboxylic acids is 2. The van der Waals surface area contributed by atoms with Crippen molar-refractivity contribution in [3.05, 3.63) is 53.2 Å². The summed E-state index contributed by atoms with van der Waals surface area (Å²) in [4.78, 5) is 32.3. The van der Waals surface area contributed by atoms with Gasteiger partial charge in [-0.05, 0) is 75.2 Å². The summed E-state index contributed by atoms with van der Waals surface area (Å²) >= 11 is 0. The van der Waals surface area contributed by atoms with Crippen molar-refractivity contribution in [1.29, 1.82) is 0 Å². The Bertz CT molecular complexity index is 1020. The van der Waals surface area contributed by atoms with E-state index in [4.69, 9.17) is 0 Å². The molecule has 2 aliphatic rings. The van der Waals surface area contributed by atoms with Crippen molar-refractivity contribution < 1.29 is 9.59 Å². The van der Waals surface area contributed by atoms with Crippen LogP contribution >= 0.6 is 0 Å². The summed E-state index contributed by atoms with van der Waals surface area (Å²) < 4.78 is 0. The number of rotatable bonds is 5. The predicted octanol–water partition coefficient (Wildman–Crippen LogP) is 3.81. The largest absolute Gasteiger partial charge is 0.363 e. The molecule has 2 amide bonds. The van der Waals surface area contributed by atoms with E-state index in [0.29, 0.717) is 5.56 Å². The summed E-state index contributed by atoms with van der Waals surface area (Å²) in [7, 11) is 0. The minimum absolute atomic E-state index is 0.0222. The van der Waals surface area contributed by atoms with Gasteiger partial charge in [-0.3, -0.25) is 9.59 Å². The van der Waals surface area contributed by atoms with Crippen LogP contribution in [0.3, 0.4) is 0 Å². The molecule has 2 aliphatic heterocycles. The van der Waals surface area contributed by atoms with Crippen LogP contribution in [-0.4, -0.2) is 42.0 Å². The third kappa shape index (κ3) is 4.88. The summed E-state index contributed by atoms with van der Waals surface area (Å²) in [6, 6.07) is 11.8. The van der Waals surface area contributed by atoms with Crippen molar-refractivity contribution in [3.8, 4) is 0 Å². The van der Waals surface area contributed by atoms with E-state index >= 15 is 0 Å². The number of fused-ring (bicyclic) bond motifs is 1. The van der Waals surface area contributed by atoms with Crippen LogP contribution in [0.2, 0.25) is 0 Å². The molecule has 7 heteroatoms. The van der Waals surface area contributed by atoms with Gasteiger partial charge in [-0.2, -0.15) is 0 Å². The fraction of sp³-hybridized carbons (Fsp3) is 0.500. The molecule has 3 heterocycles. The van der Waals surface area contributed by atoms with Crippen LogP contribution in [-0.2, 0) is 4.79 Å². The van der Waals surface area contributed by atoms with Crippen LogP contribution in [0.15, 0.2) is 36.4 Å². The van der Waals surface area contributed by atoms with Crippen LogP contribution in [0.1, 0.15) is 67.7 Å². The van der Waals surface area contributed by atoms with Crippen LogP contribution in [0.5, 0.6) is 0 Å². The zero-order valence-corrected chi connectivity index (χ0v) is 20.0.